The van der Waals surface area contributed by atoms with Gasteiger partial charge in [0.25, 0.3) is 0 Å². The number of rotatable bonds is 12. The number of alkyl carbamates (subject to hydrolysis) is 1. The summed E-state index contributed by atoms with van der Waals surface area (Å²) < 4.78 is 10.6. The molecule has 2 amide bonds. The van der Waals surface area contributed by atoms with Crippen LogP contribution in [-0.4, -0.2) is 53.6 Å². The SMILES string of the molecule is CC(C)[C@H](N)C(=O)C[C@@H](C)C(=O)N[C@@H](CCCCNC(=O)OC(C)(C)C)C(=O)OC(C)(C)C. The summed E-state index contributed by atoms with van der Waals surface area (Å²) in [6.45, 7) is 16.3. The summed E-state index contributed by atoms with van der Waals surface area (Å²) in [5, 5.41) is 5.39. The maximum Gasteiger partial charge on any atom is 0.407 e. The van der Waals surface area contributed by atoms with Gasteiger partial charge in [-0.15, -0.1) is 0 Å². The fourth-order valence-corrected chi connectivity index (χ4v) is 2.82. The van der Waals surface area contributed by atoms with E-state index in [2.05, 4.69) is 10.6 Å². The van der Waals surface area contributed by atoms with Crippen LogP contribution in [0.1, 0.15) is 88.0 Å². The highest BCUT2D eigenvalue weighted by atomic mass is 16.6. The summed E-state index contributed by atoms with van der Waals surface area (Å²) in [5.41, 5.74) is 4.60. The van der Waals surface area contributed by atoms with Crippen molar-refractivity contribution in [2.75, 3.05) is 6.54 Å². The Kier molecular flexibility index (Phi) is 12.6. The van der Waals surface area contributed by atoms with Gasteiger partial charge in [-0.25, -0.2) is 9.59 Å². The topological polar surface area (TPSA) is 137 Å². The van der Waals surface area contributed by atoms with Crippen molar-refractivity contribution < 1.29 is 28.7 Å². The Labute approximate surface area is 198 Å². The van der Waals surface area contributed by atoms with Crippen molar-refractivity contribution in [3.63, 3.8) is 0 Å². The lowest BCUT2D eigenvalue weighted by Gasteiger charge is -2.26. The van der Waals surface area contributed by atoms with Gasteiger partial charge in [-0.1, -0.05) is 20.8 Å². The number of hydrogen-bond donors (Lipinski definition) is 3. The number of Topliss-reactive ketones (excluding diaryl/α,β-unsaturated/α-hetero) is 1. The molecule has 0 rings (SSSR count). The monoisotopic (exact) mass is 471 g/mol. The van der Waals surface area contributed by atoms with E-state index < -0.39 is 47.2 Å². The summed E-state index contributed by atoms with van der Waals surface area (Å²) in [6, 6.07) is -1.48. The number of carbonyl (C=O) groups is 4. The molecule has 0 heterocycles. The Morgan fingerprint density at radius 3 is 1.91 bits per heavy atom. The van der Waals surface area contributed by atoms with E-state index in [1.807, 2.05) is 13.8 Å². The standard InChI is InChI=1S/C24H45N3O6/c1-15(2)19(25)18(28)14-16(3)20(29)27-17(21(30)32-23(4,5)6)12-10-11-13-26-22(31)33-24(7,8)9/h15-17,19H,10-14,25H2,1-9H3,(H,26,31)(H,27,29)/t16-,17+,19+/m1/s1. The lowest BCUT2D eigenvalue weighted by Crippen LogP contribution is -2.47. The van der Waals surface area contributed by atoms with Gasteiger partial charge in [-0.3, -0.25) is 9.59 Å². The Morgan fingerprint density at radius 2 is 1.42 bits per heavy atom. The number of esters is 1. The van der Waals surface area contributed by atoms with E-state index in [9.17, 15) is 19.2 Å². The fourth-order valence-electron chi connectivity index (χ4n) is 2.82. The molecule has 0 aromatic carbocycles. The zero-order chi connectivity index (χ0) is 26.0. The first-order chi connectivity index (χ1) is 14.9. The van der Waals surface area contributed by atoms with Crippen LogP contribution in [-0.2, 0) is 23.9 Å². The first-order valence-corrected chi connectivity index (χ1v) is 11.7. The highest BCUT2D eigenvalue weighted by molar-refractivity contribution is 5.91. The minimum atomic E-state index is -0.852. The van der Waals surface area contributed by atoms with Crippen LogP contribution in [0.15, 0.2) is 0 Å². The lowest BCUT2D eigenvalue weighted by molar-refractivity contribution is -0.159. The number of unbranched alkanes of at least 4 members (excludes halogenated alkanes) is 1. The van der Waals surface area contributed by atoms with E-state index in [0.29, 0.717) is 25.8 Å². The summed E-state index contributed by atoms with van der Waals surface area (Å²) in [6.07, 6.45) is 0.990. The third kappa shape index (κ3) is 14.6. The second-order valence-corrected chi connectivity index (χ2v) is 10.9. The Bertz CT molecular complexity index is 664. The minimum absolute atomic E-state index is 0.00598. The predicted octanol–water partition coefficient (Wildman–Crippen LogP) is 3.09. The van der Waals surface area contributed by atoms with Crippen LogP contribution in [0.25, 0.3) is 0 Å². The number of hydrogen-bond acceptors (Lipinski definition) is 7. The van der Waals surface area contributed by atoms with E-state index in [0.717, 1.165) is 0 Å². The molecule has 0 fully saturated rings. The molecular formula is C24H45N3O6. The molecule has 0 unspecified atom stereocenters. The van der Waals surface area contributed by atoms with Crippen molar-refractivity contribution in [1.82, 2.24) is 10.6 Å². The highest BCUT2D eigenvalue weighted by Gasteiger charge is 2.29. The van der Waals surface area contributed by atoms with Crippen molar-refractivity contribution in [2.45, 2.75) is 111 Å². The zero-order valence-electron chi connectivity index (χ0n) is 21.9. The molecule has 0 saturated heterocycles. The number of ether oxygens (including phenoxy) is 2. The van der Waals surface area contributed by atoms with E-state index in [-0.39, 0.29) is 18.1 Å². The number of nitrogens with one attached hydrogen (secondary N) is 2. The lowest BCUT2D eigenvalue weighted by atomic mass is 9.93. The van der Waals surface area contributed by atoms with E-state index >= 15 is 0 Å². The van der Waals surface area contributed by atoms with Crippen LogP contribution in [0.5, 0.6) is 0 Å². The van der Waals surface area contributed by atoms with Crippen molar-refractivity contribution in [3.05, 3.63) is 0 Å². The van der Waals surface area contributed by atoms with Crippen molar-refractivity contribution >= 4 is 23.8 Å². The second-order valence-electron chi connectivity index (χ2n) is 10.9. The maximum absolute atomic E-state index is 12.7. The normalized spacial score (nSPS) is 14.8. The van der Waals surface area contributed by atoms with Gasteiger partial charge in [-0.05, 0) is 66.7 Å². The fraction of sp³-hybridized carbons (Fsp3) is 0.833. The Hall–Kier alpha value is -2.16. The first-order valence-electron chi connectivity index (χ1n) is 11.7. The molecule has 0 aliphatic carbocycles. The Balaban J connectivity index is 4.87. The smallest absolute Gasteiger partial charge is 0.407 e. The van der Waals surface area contributed by atoms with Crippen molar-refractivity contribution in [3.8, 4) is 0 Å². The molecule has 0 aliphatic rings. The van der Waals surface area contributed by atoms with Gasteiger partial charge in [0.1, 0.15) is 17.2 Å². The van der Waals surface area contributed by atoms with Gasteiger partial charge in [0.15, 0.2) is 5.78 Å². The van der Waals surface area contributed by atoms with E-state index in [1.54, 1.807) is 48.5 Å². The molecule has 0 spiro atoms. The van der Waals surface area contributed by atoms with Gasteiger partial charge in [0.05, 0.1) is 6.04 Å². The van der Waals surface area contributed by atoms with Gasteiger partial charge in [0, 0.05) is 18.9 Å². The summed E-state index contributed by atoms with van der Waals surface area (Å²) >= 11 is 0. The molecule has 0 radical (unpaired) electrons. The molecule has 9 nitrogen and oxygen atoms in total. The largest absolute Gasteiger partial charge is 0.458 e. The molecule has 3 atom stereocenters. The quantitative estimate of drug-likeness (QED) is 0.294. The van der Waals surface area contributed by atoms with Crippen LogP contribution >= 0.6 is 0 Å². The number of nitrogens with two attached hydrogens (primary N) is 1. The summed E-state index contributed by atoms with van der Waals surface area (Å²) in [4.78, 5) is 49.3. The molecule has 9 heteroatoms. The third-order valence-corrected chi connectivity index (χ3v) is 4.64. The number of ketones is 1. The van der Waals surface area contributed by atoms with E-state index in [4.69, 9.17) is 15.2 Å². The molecule has 4 N–H and O–H groups in total. The summed E-state index contributed by atoms with van der Waals surface area (Å²) in [5.74, 6) is -1.76. The molecule has 33 heavy (non-hydrogen) atoms. The molecule has 0 aromatic rings. The van der Waals surface area contributed by atoms with Gasteiger partial charge < -0.3 is 25.8 Å². The maximum atomic E-state index is 12.7. The molecule has 192 valence electrons. The van der Waals surface area contributed by atoms with Crippen LogP contribution in [0.3, 0.4) is 0 Å². The van der Waals surface area contributed by atoms with Crippen LogP contribution < -0.4 is 16.4 Å². The zero-order valence-corrected chi connectivity index (χ0v) is 21.9. The summed E-state index contributed by atoms with van der Waals surface area (Å²) in [7, 11) is 0. The average Bonchev–Trinajstić information content (AvgIpc) is 2.62. The van der Waals surface area contributed by atoms with Crippen LogP contribution in [0, 0.1) is 11.8 Å². The molecular weight excluding hydrogens is 426 g/mol. The average molecular weight is 472 g/mol. The minimum Gasteiger partial charge on any atom is -0.458 e. The number of amides is 2. The second kappa shape index (κ2) is 13.5. The van der Waals surface area contributed by atoms with Crippen molar-refractivity contribution in [1.29, 1.82) is 0 Å². The molecule has 0 saturated carbocycles. The van der Waals surface area contributed by atoms with E-state index in [1.165, 1.54) is 0 Å². The third-order valence-electron chi connectivity index (χ3n) is 4.64. The Morgan fingerprint density at radius 1 is 0.879 bits per heavy atom. The van der Waals surface area contributed by atoms with Crippen LogP contribution in [0.2, 0.25) is 0 Å². The predicted molar refractivity (Wildman–Crippen MR) is 127 cm³/mol. The van der Waals surface area contributed by atoms with Crippen molar-refractivity contribution in [2.24, 2.45) is 17.6 Å². The molecule has 0 aliphatic heterocycles. The van der Waals surface area contributed by atoms with Gasteiger partial charge >= 0.3 is 12.1 Å². The first kappa shape index (κ1) is 30.8. The highest BCUT2D eigenvalue weighted by Crippen LogP contribution is 2.14. The van der Waals surface area contributed by atoms with Crippen LogP contribution in [0.4, 0.5) is 4.79 Å². The molecule has 0 aromatic heterocycles. The van der Waals surface area contributed by atoms with Gasteiger partial charge in [0.2, 0.25) is 5.91 Å². The molecule has 0 bridgehead atoms. The van der Waals surface area contributed by atoms with Gasteiger partial charge in [-0.2, -0.15) is 0 Å². The number of carbonyl (C=O) groups excluding carboxylic acids is 4.